The number of allylic oxidation sites excluding steroid dienone is 4. The number of nitrogens with one attached hydrogen (secondary N) is 1. The predicted molar refractivity (Wildman–Crippen MR) is 118 cm³/mol. The Morgan fingerprint density at radius 1 is 1.07 bits per heavy atom. The molecule has 0 aliphatic heterocycles. The monoisotopic (exact) mass is 421 g/mol. The summed E-state index contributed by atoms with van der Waals surface area (Å²) in [5.74, 6) is -0.939. The van der Waals surface area contributed by atoms with E-state index in [1.165, 1.54) is 11.1 Å². The number of phenolic OH excluding ortho intramolecular Hbond substituents is 1. The van der Waals surface area contributed by atoms with Crippen LogP contribution < -0.4 is 4.72 Å². The highest BCUT2D eigenvalue weighted by atomic mass is 32.2. The van der Waals surface area contributed by atoms with Crippen LogP contribution >= 0.6 is 0 Å². The van der Waals surface area contributed by atoms with E-state index in [2.05, 4.69) is 26.8 Å². The molecule has 1 amide bonds. The van der Waals surface area contributed by atoms with Crippen LogP contribution in [0.5, 0.6) is 5.75 Å². The highest BCUT2D eigenvalue weighted by Gasteiger charge is 2.25. The smallest absolute Gasteiger partial charge is 0.268 e. The number of benzene rings is 1. The third-order valence-electron chi connectivity index (χ3n) is 4.65. The molecule has 0 aliphatic carbocycles. The average Bonchev–Trinajstić information content (AvgIpc) is 2.59. The van der Waals surface area contributed by atoms with Gasteiger partial charge in [0.2, 0.25) is 5.91 Å². The molecule has 0 bridgehead atoms. The average molecular weight is 422 g/mol. The first-order chi connectivity index (χ1) is 13.6. The van der Waals surface area contributed by atoms with E-state index in [-0.39, 0.29) is 10.6 Å². The Balaban J connectivity index is 3.19. The lowest BCUT2D eigenvalue weighted by molar-refractivity contribution is -0.117. The van der Waals surface area contributed by atoms with Crippen molar-refractivity contribution in [3.05, 3.63) is 46.6 Å². The number of aromatic hydroxyl groups is 1. The van der Waals surface area contributed by atoms with Gasteiger partial charge < -0.3 is 5.11 Å². The van der Waals surface area contributed by atoms with Crippen molar-refractivity contribution in [2.24, 2.45) is 0 Å². The van der Waals surface area contributed by atoms with E-state index in [4.69, 9.17) is 0 Å². The number of carbonyl (C=O) groups excluding carboxylic acids is 1. The molecule has 162 valence electrons. The van der Waals surface area contributed by atoms with Gasteiger partial charge in [0.05, 0.1) is 0 Å². The molecule has 0 radical (unpaired) electrons. The fraction of sp³-hybridized carbons (Fsp3) is 0.522. The number of sulfonamides is 1. The molecule has 0 aromatic heterocycles. The number of phenols is 1. The highest BCUT2D eigenvalue weighted by molar-refractivity contribution is 7.90. The summed E-state index contributed by atoms with van der Waals surface area (Å²) in [6, 6.07) is 3.54. The fourth-order valence-corrected chi connectivity index (χ4v) is 4.48. The van der Waals surface area contributed by atoms with Crippen molar-refractivity contribution in [1.82, 2.24) is 4.72 Å². The summed E-state index contributed by atoms with van der Waals surface area (Å²) in [5, 5.41) is 10.8. The summed E-state index contributed by atoms with van der Waals surface area (Å²) in [4.78, 5) is 11.2. The van der Waals surface area contributed by atoms with Gasteiger partial charge in [-0.2, -0.15) is 0 Å². The van der Waals surface area contributed by atoms with Gasteiger partial charge in [-0.05, 0) is 64.0 Å². The van der Waals surface area contributed by atoms with Crippen molar-refractivity contribution >= 4 is 15.9 Å². The minimum Gasteiger partial charge on any atom is -0.506 e. The van der Waals surface area contributed by atoms with Gasteiger partial charge in [0.25, 0.3) is 10.0 Å². The number of carbonyl (C=O) groups is 1. The lowest BCUT2D eigenvalue weighted by Gasteiger charge is -2.15. The van der Waals surface area contributed by atoms with Crippen LogP contribution in [0.25, 0.3) is 0 Å². The van der Waals surface area contributed by atoms with Gasteiger partial charge in [-0.25, -0.2) is 13.1 Å². The maximum atomic E-state index is 12.7. The molecule has 0 saturated heterocycles. The molecule has 0 atom stereocenters. The predicted octanol–water partition coefficient (Wildman–Crippen LogP) is 5.18. The molecule has 0 spiro atoms. The molecule has 0 aliphatic rings. The summed E-state index contributed by atoms with van der Waals surface area (Å²) in [7, 11) is -4.12. The Morgan fingerprint density at radius 2 is 1.72 bits per heavy atom. The summed E-state index contributed by atoms with van der Waals surface area (Å²) in [5.41, 5.74) is 3.54. The number of hydrogen-bond acceptors (Lipinski definition) is 4. The zero-order valence-electron chi connectivity index (χ0n) is 18.3. The molecule has 1 aromatic rings. The second kappa shape index (κ2) is 11.8. The van der Waals surface area contributed by atoms with Crippen molar-refractivity contribution in [3.63, 3.8) is 0 Å². The van der Waals surface area contributed by atoms with Gasteiger partial charge in [-0.3, -0.25) is 4.79 Å². The van der Waals surface area contributed by atoms with Crippen LogP contribution in [0.3, 0.4) is 0 Å². The first-order valence-electron chi connectivity index (χ1n) is 10.2. The second-order valence-electron chi connectivity index (χ2n) is 7.76. The third-order valence-corrected chi connectivity index (χ3v) is 6.20. The van der Waals surface area contributed by atoms with Crippen LogP contribution in [0.2, 0.25) is 0 Å². The van der Waals surface area contributed by atoms with Crippen molar-refractivity contribution in [2.45, 2.75) is 84.5 Å². The first-order valence-corrected chi connectivity index (χ1v) is 11.7. The summed E-state index contributed by atoms with van der Waals surface area (Å²) >= 11 is 0. The number of hydrogen-bond donors (Lipinski definition) is 2. The minimum atomic E-state index is -4.12. The molecule has 0 saturated carbocycles. The Labute approximate surface area is 176 Å². The standard InChI is InChI=1S/C23H35NO4S/c1-6-7-8-12-21-16-15-20(14-13-18(4)11-9-10-17(2)3)22(26)23(21)29(27,28)24-19(5)25/h10,13,15-16,26H,6-9,11-12,14H2,1-5H3,(H,24,25)/b18-13+. The zero-order chi connectivity index (χ0) is 22.0. The Bertz CT molecular complexity index is 863. The molecule has 1 aromatic carbocycles. The van der Waals surface area contributed by atoms with Gasteiger partial charge in [0.15, 0.2) is 0 Å². The maximum absolute atomic E-state index is 12.7. The van der Waals surface area contributed by atoms with Gasteiger partial charge in [0.1, 0.15) is 10.6 Å². The van der Waals surface area contributed by atoms with Gasteiger partial charge in [0, 0.05) is 6.92 Å². The number of rotatable bonds is 11. The van der Waals surface area contributed by atoms with Crippen LogP contribution in [0.1, 0.15) is 77.8 Å². The maximum Gasteiger partial charge on any atom is 0.268 e. The summed E-state index contributed by atoms with van der Waals surface area (Å²) in [6.07, 6.45) is 9.83. The third kappa shape index (κ3) is 8.44. The van der Waals surface area contributed by atoms with Gasteiger partial charge >= 0.3 is 0 Å². The van der Waals surface area contributed by atoms with Crippen molar-refractivity contribution in [2.75, 3.05) is 0 Å². The summed E-state index contributed by atoms with van der Waals surface area (Å²) < 4.78 is 27.4. The molecular weight excluding hydrogens is 386 g/mol. The SMILES string of the molecule is CCCCCc1ccc(C/C=C(\C)CCC=C(C)C)c(O)c1S(=O)(=O)NC(C)=O. The minimum absolute atomic E-state index is 0.170. The number of amides is 1. The molecule has 1 rings (SSSR count). The van der Waals surface area contributed by atoms with E-state index >= 15 is 0 Å². The Kier molecular flexibility index (Phi) is 10.2. The van der Waals surface area contributed by atoms with E-state index in [0.717, 1.165) is 39.0 Å². The zero-order valence-corrected chi connectivity index (χ0v) is 19.2. The molecule has 2 N–H and O–H groups in total. The van der Waals surface area contributed by atoms with E-state index in [1.807, 2.05) is 17.7 Å². The molecule has 6 heteroatoms. The van der Waals surface area contributed by atoms with Gasteiger partial charge in [-0.1, -0.05) is 55.2 Å². The Morgan fingerprint density at radius 3 is 2.31 bits per heavy atom. The van der Waals surface area contributed by atoms with Crippen LogP contribution in [0, 0.1) is 0 Å². The molecule has 5 nitrogen and oxygen atoms in total. The lowest BCUT2D eigenvalue weighted by Crippen LogP contribution is -2.29. The van der Waals surface area contributed by atoms with Crippen molar-refractivity contribution in [1.29, 1.82) is 0 Å². The molecular formula is C23H35NO4S. The van der Waals surface area contributed by atoms with Crippen LogP contribution in [0.4, 0.5) is 0 Å². The number of aryl methyl sites for hydroxylation is 1. The van der Waals surface area contributed by atoms with E-state index in [0.29, 0.717) is 24.0 Å². The highest BCUT2D eigenvalue weighted by Crippen LogP contribution is 2.32. The quantitative estimate of drug-likeness (QED) is 0.381. The topological polar surface area (TPSA) is 83.5 Å². The lowest BCUT2D eigenvalue weighted by atomic mass is 10.0. The second-order valence-corrected chi connectivity index (χ2v) is 9.37. The normalized spacial score (nSPS) is 12.0. The van der Waals surface area contributed by atoms with Crippen LogP contribution in [-0.4, -0.2) is 19.4 Å². The van der Waals surface area contributed by atoms with Crippen molar-refractivity contribution in [3.8, 4) is 5.75 Å². The first kappa shape index (κ1) is 25.0. The van der Waals surface area contributed by atoms with Gasteiger partial charge in [-0.15, -0.1) is 0 Å². The fourth-order valence-electron chi connectivity index (χ4n) is 3.10. The largest absolute Gasteiger partial charge is 0.506 e. The van der Waals surface area contributed by atoms with Crippen LogP contribution in [-0.2, 0) is 27.7 Å². The van der Waals surface area contributed by atoms with E-state index in [1.54, 1.807) is 12.1 Å². The van der Waals surface area contributed by atoms with E-state index in [9.17, 15) is 18.3 Å². The Hall–Kier alpha value is -2.08. The molecule has 0 unspecified atom stereocenters. The molecule has 29 heavy (non-hydrogen) atoms. The number of unbranched alkanes of at least 4 members (excludes halogenated alkanes) is 2. The summed E-state index contributed by atoms with van der Waals surface area (Å²) in [6.45, 7) is 9.38. The molecule has 0 fully saturated rings. The van der Waals surface area contributed by atoms with E-state index < -0.39 is 15.9 Å². The molecule has 0 heterocycles. The van der Waals surface area contributed by atoms with Crippen molar-refractivity contribution < 1.29 is 18.3 Å². The van der Waals surface area contributed by atoms with Crippen LogP contribution in [0.15, 0.2) is 40.3 Å².